The molecule has 20 heavy (non-hydrogen) atoms. The monoisotopic (exact) mass is 302 g/mol. The normalized spacial score (nSPS) is 36.8. The summed E-state index contributed by atoms with van der Waals surface area (Å²) in [6, 6.07) is 0. The second kappa shape index (κ2) is 6.32. The maximum atomic E-state index is 11.9. The molecule has 1 saturated heterocycles. The molecule has 5 heteroatoms. The predicted molar refractivity (Wildman–Crippen MR) is 76.4 cm³/mol. The summed E-state index contributed by atoms with van der Waals surface area (Å²) in [6.07, 6.45) is 12.3. The molecule has 3 aliphatic rings. The van der Waals surface area contributed by atoms with E-state index in [1.54, 1.807) is 0 Å². The Bertz CT molecular complexity index is 376. The Morgan fingerprint density at radius 3 is 1.45 bits per heavy atom. The molecule has 0 aromatic carbocycles. The SMILES string of the molecule is O=S1(=O)O[C@H](C2CCCCC2)C[C@@H](C2CCCCC2)O1. The molecule has 116 valence electrons. The zero-order valence-corrected chi connectivity index (χ0v) is 12.9. The third-order valence-electron chi connectivity index (χ3n) is 5.30. The zero-order valence-electron chi connectivity index (χ0n) is 12.1. The van der Waals surface area contributed by atoms with E-state index in [2.05, 4.69) is 0 Å². The lowest BCUT2D eigenvalue weighted by molar-refractivity contribution is -0.0252. The van der Waals surface area contributed by atoms with Gasteiger partial charge < -0.3 is 0 Å². The van der Waals surface area contributed by atoms with Gasteiger partial charge in [-0.25, -0.2) is 8.37 Å². The van der Waals surface area contributed by atoms with E-state index in [0.29, 0.717) is 11.8 Å². The predicted octanol–water partition coefficient (Wildman–Crippen LogP) is 3.57. The van der Waals surface area contributed by atoms with Gasteiger partial charge in [-0.3, -0.25) is 0 Å². The van der Waals surface area contributed by atoms with Crippen LogP contribution in [0.15, 0.2) is 0 Å². The summed E-state index contributed by atoms with van der Waals surface area (Å²) in [5, 5.41) is 0. The molecule has 3 fully saturated rings. The maximum absolute atomic E-state index is 11.9. The third-order valence-corrected chi connectivity index (χ3v) is 6.26. The molecule has 0 aromatic heterocycles. The van der Waals surface area contributed by atoms with E-state index >= 15 is 0 Å². The Balaban J connectivity index is 1.68. The zero-order chi connectivity index (χ0) is 14.0. The Kier molecular flexibility index (Phi) is 4.68. The van der Waals surface area contributed by atoms with E-state index in [4.69, 9.17) is 8.37 Å². The first-order valence-corrected chi connectivity index (χ1v) is 9.59. The van der Waals surface area contributed by atoms with E-state index in [1.807, 2.05) is 0 Å². The Labute approximate surface area is 122 Å². The topological polar surface area (TPSA) is 52.6 Å². The van der Waals surface area contributed by atoms with Crippen molar-refractivity contribution in [3.8, 4) is 0 Å². The van der Waals surface area contributed by atoms with Crippen molar-refractivity contribution >= 4 is 10.4 Å². The van der Waals surface area contributed by atoms with Gasteiger partial charge in [0, 0.05) is 6.42 Å². The van der Waals surface area contributed by atoms with Crippen LogP contribution in [0.1, 0.15) is 70.6 Å². The lowest BCUT2D eigenvalue weighted by atomic mass is 9.79. The van der Waals surface area contributed by atoms with Gasteiger partial charge >= 0.3 is 10.4 Å². The molecule has 3 rings (SSSR count). The molecule has 1 heterocycles. The lowest BCUT2D eigenvalue weighted by Crippen LogP contribution is -2.43. The first kappa shape index (κ1) is 14.8. The summed E-state index contributed by atoms with van der Waals surface area (Å²) >= 11 is 0. The minimum atomic E-state index is -3.78. The van der Waals surface area contributed by atoms with E-state index in [-0.39, 0.29) is 12.2 Å². The van der Waals surface area contributed by atoms with Gasteiger partial charge in [0.25, 0.3) is 0 Å². The van der Waals surface area contributed by atoms with Gasteiger partial charge in [-0.1, -0.05) is 38.5 Å². The lowest BCUT2D eigenvalue weighted by Gasteiger charge is -2.38. The van der Waals surface area contributed by atoms with Crippen molar-refractivity contribution in [2.75, 3.05) is 0 Å². The molecule has 2 aliphatic carbocycles. The first-order chi connectivity index (χ1) is 9.64. The molecule has 0 spiro atoms. The fraction of sp³-hybridized carbons (Fsp3) is 1.00. The summed E-state index contributed by atoms with van der Waals surface area (Å²) < 4.78 is 34.4. The van der Waals surface area contributed by atoms with E-state index < -0.39 is 10.4 Å². The Morgan fingerprint density at radius 2 is 1.05 bits per heavy atom. The molecular weight excluding hydrogens is 276 g/mol. The highest BCUT2D eigenvalue weighted by Crippen LogP contribution is 2.39. The van der Waals surface area contributed by atoms with Crippen LogP contribution in [0.3, 0.4) is 0 Å². The standard InChI is InChI=1S/C15H26O4S/c16-20(17)18-14(12-7-3-1-4-8-12)11-15(19-20)13-9-5-2-6-10-13/h12-15H,1-11H2/t14-,15-/m0/s1. The van der Waals surface area contributed by atoms with Gasteiger partial charge in [0.15, 0.2) is 0 Å². The summed E-state index contributed by atoms with van der Waals surface area (Å²) in [6.45, 7) is 0. The van der Waals surface area contributed by atoms with Gasteiger partial charge in [0.1, 0.15) is 0 Å². The molecule has 0 amide bonds. The molecule has 1 aliphatic heterocycles. The van der Waals surface area contributed by atoms with Crippen molar-refractivity contribution in [3.05, 3.63) is 0 Å². The van der Waals surface area contributed by atoms with Crippen LogP contribution >= 0.6 is 0 Å². The van der Waals surface area contributed by atoms with Crippen molar-refractivity contribution in [3.63, 3.8) is 0 Å². The van der Waals surface area contributed by atoms with Crippen molar-refractivity contribution in [2.45, 2.75) is 82.8 Å². The smallest absolute Gasteiger partial charge is 0.244 e. The van der Waals surface area contributed by atoms with Gasteiger partial charge in [-0.2, -0.15) is 8.42 Å². The fourth-order valence-corrected chi connectivity index (χ4v) is 5.31. The maximum Gasteiger partial charge on any atom is 0.400 e. The van der Waals surface area contributed by atoms with Crippen LogP contribution in [-0.2, 0) is 18.8 Å². The first-order valence-electron chi connectivity index (χ1n) is 8.25. The van der Waals surface area contributed by atoms with E-state index in [0.717, 1.165) is 32.1 Å². The molecule has 0 aromatic rings. The van der Waals surface area contributed by atoms with Crippen LogP contribution in [0, 0.1) is 11.8 Å². The second-order valence-electron chi connectivity index (χ2n) is 6.71. The molecule has 2 atom stereocenters. The molecule has 0 radical (unpaired) electrons. The third kappa shape index (κ3) is 3.55. The van der Waals surface area contributed by atoms with Crippen LogP contribution < -0.4 is 0 Å². The van der Waals surface area contributed by atoms with Gasteiger partial charge in [-0.05, 0) is 37.5 Å². The van der Waals surface area contributed by atoms with Gasteiger partial charge in [0.2, 0.25) is 0 Å². The Hall–Kier alpha value is -0.130. The minimum Gasteiger partial charge on any atom is -0.244 e. The largest absolute Gasteiger partial charge is 0.400 e. The number of hydrogen-bond donors (Lipinski definition) is 0. The molecule has 0 unspecified atom stereocenters. The van der Waals surface area contributed by atoms with Crippen molar-refractivity contribution in [2.24, 2.45) is 11.8 Å². The van der Waals surface area contributed by atoms with Crippen LogP contribution in [0.25, 0.3) is 0 Å². The van der Waals surface area contributed by atoms with Crippen LogP contribution in [0.4, 0.5) is 0 Å². The van der Waals surface area contributed by atoms with Crippen LogP contribution in [0.5, 0.6) is 0 Å². The highest BCUT2D eigenvalue weighted by molar-refractivity contribution is 7.81. The summed E-state index contributed by atoms with van der Waals surface area (Å²) in [5.41, 5.74) is 0. The Morgan fingerprint density at radius 1 is 0.650 bits per heavy atom. The molecule has 2 saturated carbocycles. The average Bonchev–Trinajstić information content (AvgIpc) is 2.47. The number of hydrogen-bond acceptors (Lipinski definition) is 4. The second-order valence-corrected chi connectivity index (χ2v) is 7.91. The van der Waals surface area contributed by atoms with Crippen molar-refractivity contribution in [1.29, 1.82) is 0 Å². The summed E-state index contributed by atoms with van der Waals surface area (Å²) in [7, 11) is -3.78. The summed E-state index contributed by atoms with van der Waals surface area (Å²) in [4.78, 5) is 0. The quantitative estimate of drug-likeness (QED) is 0.782. The highest BCUT2D eigenvalue weighted by Gasteiger charge is 2.41. The summed E-state index contributed by atoms with van der Waals surface area (Å²) in [5.74, 6) is 0.821. The average molecular weight is 302 g/mol. The van der Waals surface area contributed by atoms with Crippen LogP contribution in [-0.4, -0.2) is 20.6 Å². The highest BCUT2D eigenvalue weighted by atomic mass is 32.3. The van der Waals surface area contributed by atoms with E-state index in [1.165, 1.54) is 38.5 Å². The van der Waals surface area contributed by atoms with Crippen molar-refractivity contribution < 1.29 is 16.8 Å². The molecular formula is C15H26O4S. The van der Waals surface area contributed by atoms with Crippen LogP contribution in [0.2, 0.25) is 0 Å². The van der Waals surface area contributed by atoms with Gasteiger partial charge in [0.05, 0.1) is 12.2 Å². The molecule has 4 nitrogen and oxygen atoms in total. The van der Waals surface area contributed by atoms with E-state index in [9.17, 15) is 8.42 Å². The molecule has 0 N–H and O–H groups in total. The number of rotatable bonds is 2. The fourth-order valence-electron chi connectivity index (χ4n) is 4.19. The molecule has 0 bridgehead atoms. The van der Waals surface area contributed by atoms with Gasteiger partial charge in [-0.15, -0.1) is 0 Å². The minimum absolute atomic E-state index is 0.138. The van der Waals surface area contributed by atoms with Crippen molar-refractivity contribution in [1.82, 2.24) is 0 Å².